The van der Waals surface area contributed by atoms with Crippen molar-refractivity contribution >= 4 is 21.4 Å². The van der Waals surface area contributed by atoms with Crippen LogP contribution in [0.15, 0.2) is 23.1 Å². The summed E-state index contributed by atoms with van der Waals surface area (Å²) in [4.78, 5) is 0.281. The van der Waals surface area contributed by atoms with Crippen molar-refractivity contribution in [3.05, 3.63) is 28.8 Å². The largest absolute Gasteiger partial charge is 0.330 e. The number of rotatable bonds is 4. The summed E-state index contributed by atoms with van der Waals surface area (Å²) in [7, 11) is -3.21. The van der Waals surface area contributed by atoms with Crippen LogP contribution < -0.4 is 5.73 Å². The third-order valence-corrected chi connectivity index (χ3v) is 6.80. The zero-order valence-corrected chi connectivity index (χ0v) is 11.6. The molecule has 0 radical (unpaired) electrons. The zero-order chi connectivity index (χ0) is 13.0. The molecule has 5 heteroatoms. The number of nitrogens with two attached hydrogens (primary N) is 1. The molecule has 1 aromatic rings. The van der Waals surface area contributed by atoms with Crippen LogP contribution in [0.4, 0.5) is 0 Å². The van der Waals surface area contributed by atoms with Gasteiger partial charge in [-0.2, -0.15) is 0 Å². The van der Waals surface area contributed by atoms with E-state index in [4.69, 9.17) is 17.3 Å². The molecule has 2 N–H and O–H groups in total. The lowest BCUT2D eigenvalue weighted by molar-refractivity contribution is 0.594. The third kappa shape index (κ3) is 1.87. The van der Waals surface area contributed by atoms with Gasteiger partial charge in [-0.15, -0.1) is 0 Å². The number of hydrogen-bond donors (Lipinski definition) is 1. The minimum atomic E-state index is -3.21. The normalized spacial score (nSPS) is 21.9. The average molecular weight is 286 g/mol. The van der Waals surface area contributed by atoms with Crippen molar-refractivity contribution in [1.82, 2.24) is 0 Å². The lowest BCUT2D eigenvalue weighted by Gasteiger charge is -2.14. The van der Waals surface area contributed by atoms with Gasteiger partial charge in [0.1, 0.15) is 0 Å². The van der Waals surface area contributed by atoms with Crippen molar-refractivity contribution in [2.75, 3.05) is 6.54 Å². The van der Waals surface area contributed by atoms with Gasteiger partial charge >= 0.3 is 0 Å². The van der Waals surface area contributed by atoms with E-state index < -0.39 is 9.84 Å². The first-order valence-electron chi connectivity index (χ1n) is 6.24. The second-order valence-electron chi connectivity index (χ2n) is 5.37. The summed E-state index contributed by atoms with van der Waals surface area (Å²) in [5, 5.41) is 0.129. The van der Waals surface area contributed by atoms with Crippen LogP contribution >= 0.6 is 11.6 Å². The van der Waals surface area contributed by atoms with E-state index in [0.717, 1.165) is 31.2 Å². The number of hydrogen-bond acceptors (Lipinski definition) is 3. The van der Waals surface area contributed by atoms with Gasteiger partial charge in [-0.3, -0.25) is 0 Å². The maximum absolute atomic E-state index is 12.2. The van der Waals surface area contributed by atoms with Gasteiger partial charge in [0.15, 0.2) is 9.84 Å². The van der Waals surface area contributed by atoms with E-state index in [-0.39, 0.29) is 15.6 Å². The Labute approximate surface area is 112 Å². The van der Waals surface area contributed by atoms with E-state index >= 15 is 0 Å². The lowest BCUT2D eigenvalue weighted by Crippen LogP contribution is -2.20. The predicted octanol–water partition coefficient (Wildman–Crippen LogP) is 2.27. The van der Waals surface area contributed by atoms with Crippen LogP contribution in [0.2, 0.25) is 5.02 Å². The van der Waals surface area contributed by atoms with Crippen LogP contribution in [0, 0.1) is 0 Å². The molecule has 0 atom stereocenters. The predicted molar refractivity (Wildman–Crippen MR) is 71.6 cm³/mol. The highest BCUT2D eigenvalue weighted by atomic mass is 35.5. The summed E-state index contributed by atoms with van der Waals surface area (Å²) >= 11 is 6.16. The van der Waals surface area contributed by atoms with Crippen molar-refractivity contribution < 1.29 is 8.42 Å². The molecule has 0 unspecified atom stereocenters. The molecule has 18 heavy (non-hydrogen) atoms. The highest BCUT2D eigenvalue weighted by Crippen LogP contribution is 2.48. The van der Waals surface area contributed by atoms with E-state index in [1.54, 1.807) is 12.1 Å². The summed E-state index contributed by atoms with van der Waals surface area (Å²) in [5.74, 6) is 0. The molecule has 1 aromatic carbocycles. The monoisotopic (exact) mass is 285 g/mol. The Morgan fingerprint density at radius 2 is 2.00 bits per heavy atom. The van der Waals surface area contributed by atoms with Gasteiger partial charge in [0.25, 0.3) is 0 Å². The highest BCUT2D eigenvalue weighted by molar-refractivity contribution is 7.92. The van der Waals surface area contributed by atoms with Crippen molar-refractivity contribution in [3.63, 3.8) is 0 Å². The number of halogens is 1. The fourth-order valence-electron chi connectivity index (χ4n) is 2.38. The third-order valence-electron chi connectivity index (χ3n) is 4.06. The smallest absolute Gasteiger partial charge is 0.182 e. The number of benzene rings is 1. The Morgan fingerprint density at radius 1 is 1.33 bits per heavy atom. The van der Waals surface area contributed by atoms with Gasteiger partial charge in [0, 0.05) is 12.0 Å². The molecule has 0 bridgehead atoms. The summed E-state index contributed by atoms with van der Waals surface area (Å²) in [6, 6.07) is 5.32. The summed E-state index contributed by atoms with van der Waals surface area (Å²) in [5.41, 5.74) is 6.89. The first-order chi connectivity index (χ1) is 8.49. The summed E-state index contributed by atoms with van der Waals surface area (Å²) in [6.07, 6.45) is 3.64. The molecule has 2 fully saturated rings. The summed E-state index contributed by atoms with van der Waals surface area (Å²) in [6.45, 7) is 0.595. The quantitative estimate of drug-likeness (QED) is 0.923. The maximum Gasteiger partial charge on any atom is 0.182 e. The van der Waals surface area contributed by atoms with Gasteiger partial charge in [-0.05, 0) is 43.4 Å². The Morgan fingerprint density at radius 3 is 2.44 bits per heavy atom. The molecule has 3 nitrogen and oxygen atoms in total. The number of sulfone groups is 1. The minimum Gasteiger partial charge on any atom is -0.330 e. The Kier molecular flexibility index (Phi) is 2.74. The maximum atomic E-state index is 12.2. The molecule has 2 aliphatic carbocycles. The second kappa shape index (κ2) is 3.95. The molecule has 0 aliphatic heterocycles. The van der Waals surface area contributed by atoms with Crippen LogP contribution in [-0.2, 0) is 15.3 Å². The van der Waals surface area contributed by atoms with Crippen molar-refractivity contribution in [2.45, 2.75) is 41.2 Å². The first kappa shape index (κ1) is 12.5. The Balaban J connectivity index is 2.00. The van der Waals surface area contributed by atoms with Gasteiger partial charge in [0.2, 0.25) is 0 Å². The topological polar surface area (TPSA) is 60.2 Å². The SMILES string of the molecule is NCC1(c2ccc(S(=O)(=O)C3CC3)c(Cl)c2)CC1. The van der Waals surface area contributed by atoms with E-state index in [2.05, 4.69) is 0 Å². The van der Waals surface area contributed by atoms with E-state index in [1.165, 1.54) is 0 Å². The van der Waals surface area contributed by atoms with Crippen molar-refractivity contribution in [1.29, 1.82) is 0 Å². The molecule has 0 amide bonds. The van der Waals surface area contributed by atoms with Crippen LogP contribution in [0.25, 0.3) is 0 Å². The first-order valence-corrected chi connectivity index (χ1v) is 8.16. The summed E-state index contributed by atoms with van der Waals surface area (Å²) < 4.78 is 24.3. The minimum absolute atomic E-state index is 0.0471. The van der Waals surface area contributed by atoms with Crippen LogP contribution in [-0.4, -0.2) is 20.2 Å². The van der Waals surface area contributed by atoms with Crippen molar-refractivity contribution in [2.24, 2.45) is 5.73 Å². The standard InChI is InChI=1S/C13H16ClNO2S/c14-11-7-9(13(8-15)5-6-13)1-4-12(11)18(16,17)10-2-3-10/h1,4,7,10H,2-3,5-6,8,15H2. The molecule has 0 saturated heterocycles. The average Bonchev–Trinajstić information content (AvgIpc) is 3.20. The Hall–Kier alpha value is -0.580. The van der Waals surface area contributed by atoms with Gasteiger partial charge in [-0.25, -0.2) is 8.42 Å². The van der Waals surface area contributed by atoms with Crippen LogP contribution in [0.3, 0.4) is 0 Å². The Bertz CT molecular complexity index is 589. The van der Waals surface area contributed by atoms with E-state index in [0.29, 0.717) is 11.6 Å². The van der Waals surface area contributed by atoms with Gasteiger partial charge < -0.3 is 5.73 Å². The molecule has 2 aliphatic rings. The highest BCUT2D eigenvalue weighted by Gasteiger charge is 2.44. The molecular formula is C13H16ClNO2S. The fraction of sp³-hybridized carbons (Fsp3) is 0.538. The molecule has 0 aromatic heterocycles. The van der Waals surface area contributed by atoms with E-state index in [9.17, 15) is 8.42 Å². The van der Waals surface area contributed by atoms with E-state index in [1.807, 2.05) is 6.07 Å². The van der Waals surface area contributed by atoms with Crippen LogP contribution in [0.5, 0.6) is 0 Å². The molecule has 3 rings (SSSR count). The van der Waals surface area contributed by atoms with Crippen LogP contribution in [0.1, 0.15) is 31.2 Å². The molecule has 2 saturated carbocycles. The zero-order valence-electron chi connectivity index (χ0n) is 10.0. The molecule has 0 heterocycles. The molecule has 98 valence electrons. The van der Waals surface area contributed by atoms with Gasteiger partial charge in [-0.1, -0.05) is 17.7 Å². The molecule has 0 spiro atoms. The lowest BCUT2D eigenvalue weighted by atomic mass is 9.96. The fourth-order valence-corrected chi connectivity index (χ4v) is 4.59. The second-order valence-corrected chi connectivity index (χ2v) is 7.98. The van der Waals surface area contributed by atoms with Crippen molar-refractivity contribution in [3.8, 4) is 0 Å². The molecular weight excluding hydrogens is 270 g/mol. The van der Waals surface area contributed by atoms with Gasteiger partial charge in [0.05, 0.1) is 15.2 Å².